The molecule has 0 aliphatic heterocycles. The predicted molar refractivity (Wildman–Crippen MR) is 96.4 cm³/mol. The minimum Gasteiger partial charge on any atom is -0.393 e. The Morgan fingerprint density at radius 2 is 1.88 bits per heavy atom. The maximum absolute atomic E-state index is 10.4. The zero-order valence-corrected chi connectivity index (χ0v) is 15.0. The Kier molecular flexibility index (Phi) is 5.06. The van der Waals surface area contributed by atoms with E-state index >= 15 is 0 Å². The first kappa shape index (κ1) is 17.9. The zero-order valence-electron chi connectivity index (χ0n) is 15.0. The molecule has 0 bridgehead atoms. The Labute approximate surface area is 145 Å². The molecule has 3 N–H and O–H groups in total. The van der Waals surface area contributed by atoms with Crippen LogP contribution in [0.5, 0.6) is 0 Å². The highest BCUT2D eigenvalue weighted by molar-refractivity contribution is 5.36. The van der Waals surface area contributed by atoms with Crippen LogP contribution in [0, 0.1) is 17.3 Å². The molecule has 0 aromatic rings. The van der Waals surface area contributed by atoms with Crippen LogP contribution in [-0.2, 0) is 0 Å². The van der Waals surface area contributed by atoms with Gasteiger partial charge in [0.1, 0.15) is 0 Å². The average Bonchev–Trinajstić information content (AvgIpc) is 2.84. The molecule has 3 heteroatoms. The maximum Gasteiger partial charge on any atom is 0.0583 e. The molecule has 3 aliphatic carbocycles. The van der Waals surface area contributed by atoms with Crippen molar-refractivity contribution >= 4 is 0 Å². The number of aliphatic hydroxyl groups excluding tert-OH is 3. The molecular weight excluding hydrogens is 300 g/mol. The van der Waals surface area contributed by atoms with E-state index in [-0.39, 0.29) is 29.6 Å². The summed E-state index contributed by atoms with van der Waals surface area (Å²) in [5, 5.41) is 30.5. The normalized spacial score (nSPS) is 44.8. The molecule has 3 aliphatic rings. The summed E-state index contributed by atoms with van der Waals surface area (Å²) in [6.45, 7) is 8.26. The van der Waals surface area contributed by atoms with Crippen molar-refractivity contribution in [2.75, 3.05) is 0 Å². The third kappa shape index (κ3) is 3.26. The lowest BCUT2D eigenvalue weighted by molar-refractivity contribution is -0.0110. The number of hydrogen-bond donors (Lipinski definition) is 3. The van der Waals surface area contributed by atoms with Crippen molar-refractivity contribution in [2.24, 2.45) is 17.3 Å². The average molecular weight is 332 g/mol. The fourth-order valence-electron chi connectivity index (χ4n) is 5.53. The Balaban J connectivity index is 1.86. The molecule has 6 atom stereocenters. The highest BCUT2D eigenvalue weighted by atomic mass is 16.3. The maximum atomic E-state index is 10.4. The first-order chi connectivity index (χ1) is 11.3. The number of hydrogen-bond acceptors (Lipinski definition) is 3. The van der Waals surface area contributed by atoms with Crippen molar-refractivity contribution in [3.63, 3.8) is 0 Å². The molecule has 3 saturated carbocycles. The van der Waals surface area contributed by atoms with Gasteiger partial charge >= 0.3 is 0 Å². The van der Waals surface area contributed by atoms with Crippen molar-refractivity contribution in [3.05, 3.63) is 35.5 Å². The number of fused-ring (bicyclic) bond motifs is 1. The highest BCUT2D eigenvalue weighted by Crippen LogP contribution is 2.58. The summed E-state index contributed by atoms with van der Waals surface area (Å²) in [6.07, 6.45) is 9.39. The molecule has 24 heavy (non-hydrogen) atoms. The van der Waals surface area contributed by atoms with E-state index in [1.807, 2.05) is 6.92 Å². The molecule has 3 fully saturated rings. The van der Waals surface area contributed by atoms with Gasteiger partial charge in [-0.25, -0.2) is 0 Å². The highest BCUT2D eigenvalue weighted by Gasteiger charge is 2.52. The van der Waals surface area contributed by atoms with Crippen molar-refractivity contribution < 1.29 is 15.3 Å². The molecule has 3 rings (SSSR count). The third-order valence-corrected chi connectivity index (χ3v) is 6.77. The summed E-state index contributed by atoms with van der Waals surface area (Å²) < 4.78 is 0. The van der Waals surface area contributed by atoms with Gasteiger partial charge in [0, 0.05) is 0 Å². The first-order valence-corrected chi connectivity index (χ1v) is 9.43. The standard InChI is InChI=1S/C21H32O3/c1-13-4-7-17(23)10-15(13)5-6-16-11-18(24)12-21(3)19(14(2)22)8-9-20(16)21/h5-6,14,17-20,22-24H,1,4,7-12H2,2-3H3/b15-5-,16-6+/t14-,17-,18+,19+,20-,21+/m0/s1. The van der Waals surface area contributed by atoms with E-state index in [0.717, 1.165) is 49.7 Å². The third-order valence-electron chi connectivity index (χ3n) is 6.77. The van der Waals surface area contributed by atoms with Crippen LogP contribution in [0.3, 0.4) is 0 Å². The minimum atomic E-state index is -0.324. The van der Waals surface area contributed by atoms with E-state index in [4.69, 9.17) is 0 Å². The van der Waals surface area contributed by atoms with Crippen LogP contribution in [0.15, 0.2) is 35.5 Å². The lowest BCUT2D eigenvalue weighted by Gasteiger charge is -2.45. The van der Waals surface area contributed by atoms with Crippen LogP contribution >= 0.6 is 0 Å². The fourth-order valence-corrected chi connectivity index (χ4v) is 5.53. The molecule has 0 radical (unpaired) electrons. The predicted octanol–water partition coefficient (Wildman–Crippen LogP) is 3.51. The Morgan fingerprint density at radius 3 is 2.58 bits per heavy atom. The molecule has 134 valence electrons. The SMILES string of the molecule is C=C1CC[C@H](O)C/C1=C/C=C1\C[C@@H](O)C[C@]2(C)[C@@H]([C@H](C)O)CC[C@@H]12. The molecule has 3 nitrogen and oxygen atoms in total. The summed E-state index contributed by atoms with van der Waals surface area (Å²) in [5.74, 6) is 0.708. The zero-order chi connectivity index (χ0) is 17.5. The summed E-state index contributed by atoms with van der Waals surface area (Å²) in [4.78, 5) is 0. The second kappa shape index (κ2) is 6.78. The van der Waals surface area contributed by atoms with Crippen molar-refractivity contribution in [1.82, 2.24) is 0 Å². The van der Waals surface area contributed by atoms with E-state index in [2.05, 4.69) is 25.7 Å². The Morgan fingerprint density at radius 1 is 1.12 bits per heavy atom. The summed E-state index contributed by atoms with van der Waals surface area (Å²) in [6, 6.07) is 0. The molecule has 0 heterocycles. The lowest BCUT2D eigenvalue weighted by Crippen LogP contribution is -2.42. The molecule has 0 saturated heterocycles. The van der Waals surface area contributed by atoms with Gasteiger partial charge in [0.25, 0.3) is 0 Å². The second-order valence-corrected chi connectivity index (χ2v) is 8.48. The Hall–Kier alpha value is -0.900. The van der Waals surface area contributed by atoms with Gasteiger partial charge in [-0.05, 0) is 74.7 Å². The van der Waals surface area contributed by atoms with Gasteiger partial charge in [0.05, 0.1) is 18.3 Å². The monoisotopic (exact) mass is 332 g/mol. The first-order valence-electron chi connectivity index (χ1n) is 9.43. The van der Waals surface area contributed by atoms with E-state index in [0.29, 0.717) is 12.3 Å². The lowest BCUT2D eigenvalue weighted by atomic mass is 9.61. The van der Waals surface area contributed by atoms with Crippen molar-refractivity contribution in [3.8, 4) is 0 Å². The van der Waals surface area contributed by atoms with Crippen molar-refractivity contribution in [1.29, 1.82) is 0 Å². The fraction of sp³-hybridized carbons (Fsp3) is 0.714. The quantitative estimate of drug-likeness (QED) is 0.725. The van der Waals surface area contributed by atoms with E-state index in [9.17, 15) is 15.3 Å². The molecule has 0 aromatic carbocycles. The molecule has 0 unspecified atom stereocenters. The van der Waals surface area contributed by atoms with Crippen LogP contribution in [0.1, 0.15) is 58.8 Å². The largest absolute Gasteiger partial charge is 0.393 e. The van der Waals surface area contributed by atoms with Crippen LogP contribution < -0.4 is 0 Å². The van der Waals surface area contributed by atoms with Crippen LogP contribution in [-0.4, -0.2) is 33.6 Å². The van der Waals surface area contributed by atoms with E-state index < -0.39 is 0 Å². The van der Waals surface area contributed by atoms with Gasteiger partial charge in [0.2, 0.25) is 0 Å². The number of rotatable bonds is 2. The Bertz CT molecular complexity index is 559. The van der Waals surface area contributed by atoms with E-state index in [1.54, 1.807) is 0 Å². The second-order valence-electron chi connectivity index (χ2n) is 8.48. The molecule has 0 amide bonds. The molecular formula is C21H32O3. The van der Waals surface area contributed by atoms with Gasteiger partial charge in [0.15, 0.2) is 0 Å². The van der Waals surface area contributed by atoms with Gasteiger partial charge in [-0.15, -0.1) is 0 Å². The van der Waals surface area contributed by atoms with Gasteiger partial charge < -0.3 is 15.3 Å². The minimum absolute atomic E-state index is 0.0146. The topological polar surface area (TPSA) is 60.7 Å². The van der Waals surface area contributed by atoms with Gasteiger partial charge in [-0.2, -0.15) is 0 Å². The number of allylic oxidation sites excluding steroid dienone is 3. The van der Waals surface area contributed by atoms with Crippen molar-refractivity contribution in [2.45, 2.75) is 77.1 Å². The summed E-state index contributed by atoms with van der Waals surface area (Å²) in [7, 11) is 0. The van der Waals surface area contributed by atoms with Gasteiger partial charge in [-0.1, -0.05) is 36.8 Å². The smallest absolute Gasteiger partial charge is 0.0583 e. The number of aliphatic hydroxyl groups is 3. The van der Waals surface area contributed by atoms with E-state index in [1.165, 1.54) is 5.57 Å². The summed E-state index contributed by atoms with van der Waals surface area (Å²) in [5.41, 5.74) is 3.57. The van der Waals surface area contributed by atoms with Crippen LogP contribution in [0.4, 0.5) is 0 Å². The molecule has 0 spiro atoms. The van der Waals surface area contributed by atoms with Crippen LogP contribution in [0.2, 0.25) is 0 Å². The van der Waals surface area contributed by atoms with Crippen LogP contribution in [0.25, 0.3) is 0 Å². The summed E-state index contributed by atoms with van der Waals surface area (Å²) >= 11 is 0. The molecule has 0 aromatic heterocycles. The van der Waals surface area contributed by atoms with Gasteiger partial charge in [-0.3, -0.25) is 0 Å².